The predicted molar refractivity (Wildman–Crippen MR) is 117 cm³/mol. The minimum atomic E-state index is -3.78. The van der Waals surface area contributed by atoms with Gasteiger partial charge in [-0.15, -0.1) is 0 Å². The second kappa shape index (κ2) is 8.19. The zero-order chi connectivity index (χ0) is 22.0. The number of sulfonamides is 1. The van der Waals surface area contributed by atoms with Crippen molar-refractivity contribution >= 4 is 38.4 Å². The number of fused-ring (bicyclic) bond motifs is 1. The summed E-state index contributed by atoms with van der Waals surface area (Å²) in [6.07, 6.45) is 1.54. The third kappa shape index (κ3) is 4.56. The molecule has 1 amide bonds. The monoisotopic (exact) mass is 436 g/mol. The summed E-state index contributed by atoms with van der Waals surface area (Å²) in [5, 5.41) is 7.63. The highest BCUT2D eigenvalue weighted by atomic mass is 32.2. The van der Waals surface area contributed by atoms with Crippen molar-refractivity contribution in [3.8, 4) is 0 Å². The number of aromatic nitrogens is 2. The molecule has 0 saturated carbocycles. The zero-order valence-electron chi connectivity index (χ0n) is 16.9. The van der Waals surface area contributed by atoms with E-state index in [0.717, 1.165) is 16.5 Å². The fraction of sp³-hybridized carbons (Fsp3) is 0.136. The van der Waals surface area contributed by atoms with Crippen LogP contribution in [-0.4, -0.2) is 24.5 Å². The van der Waals surface area contributed by atoms with E-state index < -0.39 is 10.0 Å². The Morgan fingerprint density at radius 3 is 2.55 bits per heavy atom. The number of pyridine rings is 1. The van der Waals surface area contributed by atoms with Gasteiger partial charge in [0.15, 0.2) is 5.58 Å². The highest BCUT2D eigenvalue weighted by Crippen LogP contribution is 2.25. The van der Waals surface area contributed by atoms with Gasteiger partial charge < -0.3 is 9.84 Å². The van der Waals surface area contributed by atoms with E-state index in [1.165, 1.54) is 30.5 Å². The van der Waals surface area contributed by atoms with Crippen LogP contribution in [0.2, 0.25) is 0 Å². The molecular weight excluding hydrogens is 416 g/mol. The summed E-state index contributed by atoms with van der Waals surface area (Å²) in [5.41, 5.74) is 3.74. The van der Waals surface area contributed by atoms with E-state index >= 15 is 0 Å². The van der Waals surface area contributed by atoms with Crippen LogP contribution in [0.4, 0.5) is 11.5 Å². The number of benzene rings is 2. The maximum atomic E-state index is 12.5. The summed E-state index contributed by atoms with van der Waals surface area (Å²) in [6, 6.07) is 14.7. The SMILES string of the molecule is Cc1cc(C)c2c(CC(=O)Nc3ccc(S(=O)(=O)Nc4ccccn4)cc3)noc2c1. The van der Waals surface area contributed by atoms with Gasteiger partial charge in [-0.3, -0.25) is 9.52 Å². The Morgan fingerprint density at radius 1 is 1.06 bits per heavy atom. The van der Waals surface area contributed by atoms with Gasteiger partial charge in [0.25, 0.3) is 10.0 Å². The molecule has 2 N–H and O–H groups in total. The number of hydrogen-bond donors (Lipinski definition) is 2. The molecule has 0 atom stereocenters. The van der Waals surface area contributed by atoms with E-state index in [1.54, 1.807) is 18.2 Å². The normalized spacial score (nSPS) is 11.4. The Kier molecular flexibility index (Phi) is 5.43. The van der Waals surface area contributed by atoms with E-state index in [2.05, 4.69) is 20.2 Å². The van der Waals surface area contributed by atoms with Crippen LogP contribution >= 0.6 is 0 Å². The topological polar surface area (TPSA) is 114 Å². The van der Waals surface area contributed by atoms with Gasteiger partial charge in [0.05, 0.1) is 11.3 Å². The van der Waals surface area contributed by atoms with Crippen LogP contribution in [0.25, 0.3) is 11.0 Å². The third-order valence-corrected chi connectivity index (χ3v) is 6.04. The number of amides is 1. The molecule has 158 valence electrons. The first-order valence-electron chi connectivity index (χ1n) is 9.51. The van der Waals surface area contributed by atoms with Crippen molar-refractivity contribution in [2.45, 2.75) is 25.2 Å². The average Bonchev–Trinajstić information content (AvgIpc) is 3.11. The molecule has 0 aliphatic heterocycles. The second-order valence-electron chi connectivity index (χ2n) is 7.15. The molecule has 2 heterocycles. The molecule has 0 unspecified atom stereocenters. The fourth-order valence-corrected chi connectivity index (χ4v) is 4.34. The fourth-order valence-electron chi connectivity index (χ4n) is 3.34. The lowest BCUT2D eigenvalue weighted by molar-refractivity contribution is -0.115. The van der Waals surface area contributed by atoms with Crippen molar-refractivity contribution in [1.82, 2.24) is 10.1 Å². The lowest BCUT2D eigenvalue weighted by Crippen LogP contribution is -2.16. The first-order valence-corrected chi connectivity index (χ1v) is 11.0. The largest absolute Gasteiger partial charge is 0.356 e. The molecule has 0 radical (unpaired) electrons. The van der Waals surface area contributed by atoms with E-state index in [0.29, 0.717) is 17.0 Å². The number of nitrogens with one attached hydrogen (secondary N) is 2. The molecule has 0 saturated heterocycles. The molecule has 0 spiro atoms. The molecule has 0 bridgehead atoms. The Labute approximate surface area is 179 Å². The number of nitrogens with zero attached hydrogens (tertiary/aromatic N) is 2. The number of carbonyl (C=O) groups excluding carboxylic acids is 1. The molecule has 0 fully saturated rings. The molecule has 31 heavy (non-hydrogen) atoms. The van der Waals surface area contributed by atoms with Crippen molar-refractivity contribution in [3.63, 3.8) is 0 Å². The van der Waals surface area contributed by atoms with Gasteiger partial charge in [0.2, 0.25) is 5.91 Å². The molecule has 0 aliphatic rings. The number of rotatable bonds is 6. The molecule has 0 aliphatic carbocycles. The van der Waals surface area contributed by atoms with Gasteiger partial charge in [0, 0.05) is 17.3 Å². The van der Waals surface area contributed by atoms with E-state index in [9.17, 15) is 13.2 Å². The van der Waals surface area contributed by atoms with Crippen molar-refractivity contribution in [2.24, 2.45) is 0 Å². The van der Waals surface area contributed by atoms with Gasteiger partial charge in [0.1, 0.15) is 11.5 Å². The van der Waals surface area contributed by atoms with Crippen LogP contribution in [0.5, 0.6) is 0 Å². The quantitative estimate of drug-likeness (QED) is 0.475. The highest BCUT2D eigenvalue weighted by Gasteiger charge is 2.17. The summed E-state index contributed by atoms with van der Waals surface area (Å²) in [4.78, 5) is 16.5. The molecule has 2 aromatic heterocycles. The van der Waals surface area contributed by atoms with E-state index in [-0.39, 0.29) is 23.0 Å². The summed E-state index contributed by atoms with van der Waals surface area (Å²) in [6.45, 7) is 3.92. The zero-order valence-corrected chi connectivity index (χ0v) is 17.7. The second-order valence-corrected chi connectivity index (χ2v) is 8.84. The van der Waals surface area contributed by atoms with Crippen LogP contribution in [0.15, 0.2) is 70.2 Å². The van der Waals surface area contributed by atoms with Crippen molar-refractivity contribution in [1.29, 1.82) is 0 Å². The van der Waals surface area contributed by atoms with Crippen LogP contribution in [-0.2, 0) is 21.2 Å². The third-order valence-electron chi connectivity index (χ3n) is 4.67. The van der Waals surface area contributed by atoms with Gasteiger partial charge in [-0.1, -0.05) is 17.3 Å². The van der Waals surface area contributed by atoms with E-state index in [1.807, 2.05) is 26.0 Å². The van der Waals surface area contributed by atoms with E-state index in [4.69, 9.17) is 4.52 Å². The minimum absolute atomic E-state index is 0.0399. The summed E-state index contributed by atoms with van der Waals surface area (Å²) < 4.78 is 32.7. The van der Waals surface area contributed by atoms with Crippen molar-refractivity contribution in [2.75, 3.05) is 10.0 Å². The van der Waals surface area contributed by atoms with Crippen LogP contribution in [0, 0.1) is 13.8 Å². The number of hydrogen-bond acceptors (Lipinski definition) is 6. The lowest BCUT2D eigenvalue weighted by Gasteiger charge is -2.09. The van der Waals surface area contributed by atoms with Gasteiger partial charge in [-0.2, -0.15) is 0 Å². The molecule has 4 aromatic rings. The van der Waals surface area contributed by atoms with Crippen molar-refractivity contribution in [3.05, 3.63) is 77.6 Å². The first-order chi connectivity index (χ1) is 14.8. The van der Waals surface area contributed by atoms with Gasteiger partial charge in [-0.05, 0) is 67.4 Å². The number of aryl methyl sites for hydroxylation is 2. The Morgan fingerprint density at radius 2 is 1.84 bits per heavy atom. The van der Waals surface area contributed by atoms with Crippen LogP contribution in [0.3, 0.4) is 0 Å². The highest BCUT2D eigenvalue weighted by molar-refractivity contribution is 7.92. The first kappa shape index (κ1) is 20.5. The predicted octanol–water partition coefficient (Wildman–Crippen LogP) is 3.82. The average molecular weight is 436 g/mol. The van der Waals surface area contributed by atoms with Crippen LogP contribution in [0.1, 0.15) is 16.8 Å². The molecular formula is C22H20N4O4S. The van der Waals surface area contributed by atoms with Gasteiger partial charge in [-0.25, -0.2) is 13.4 Å². The molecule has 8 nitrogen and oxygen atoms in total. The lowest BCUT2D eigenvalue weighted by atomic mass is 10.0. The Hall–Kier alpha value is -3.72. The van der Waals surface area contributed by atoms with Gasteiger partial charge >= 0.3 is 0 Å². The molecule has 4 rings (SSSR count). The van der Waals surface area contributed by atoms with Crippen LogP contribution < -0.4 is 10.0 Å². The summed E-state index contributed by atoms with van der Waals surface area (Å²) >= 11 is 0. The number of anilines is 2. The number of carbonyl (C=O) groups is 1. The minimum Gasteiger partial charge on any atom is -0.356 e. The Balaban J connectivity index is 1.45. The van der Waals surface area contributed by atoms with Crippen molar-refractivity contribution < 1.29 is 17.7 Å². The summed E-state index contributed by atoms with van der Waals surface area (Å²) in [7, 11) is -3.78. The summed E-state index contributed by atoms with van der Waals surface area (Å²) in [5.74, 6) is -0.0532. The smallest absolute Gasteiger partial charge is 0.263 e. The molecule has 2 aromatic carbocycles. The standard InChI is InChI=1S/C22H20N4O4S/c1-14-11-15(2)22-18(25-30-19(22)12-14)13-21(27)24-16-6-8-17(9-7-16)31(28,29)26-20-5-3-4-10-23-20/h3-12H,13H2,1-2H3,(H,23,26)(H,24,27). The Bertz CT molecular complexity index is 1350. The maximum Gasteiger partial charge on any atom is 0.263 e. The maximum absolute atomic E-state index is 12.5. The molecule has 9 heteroatoms.